The summed E-state index contributed by atoms with van der Waals surface area (Å²) in [6, 6.07) is 0.100. The highest BCUT2D eigenvalue weighted by Crippen LogP contribution is 2.50. The van der Waals surface area contributed by atoms with Crippen LogP contribution in [0.5, 0.6) is 0 Å². The number of carbonyl (C=O) groups is 1. The number of rotatable bonds is 8. The minimum Gasteiger partial charge on any atom is -0.337 e. The van der Waals surface area contributed by atoms with Crippen molar-refractivity contribution in [2.24, 2.45) is 0 Å². The highest BCUT2D eigenvalue weighted by atomic mass is 31.2. The molecule has 1 amide bonds. The summed E-state index contributed by atoms with van der Waals surface area (Å²) in [4.78, 5) is 14.1. The number of hydrogen-bond donors (Lipinski definition) is 0. The topological polar surface area (TPSA) is 55.8 Å². The van der Waals surface area contributed by atoms with Crippen LogP contribution in [-0.2, 0) is 18.4 Å². The summed E-state index contributed by atoms with van der Waals surface area (Å²) >= 11 is 0. The first-order chi connectivity index (χ1) is 8.98. The van der Waals surface area contributed by atoms with Crippen molar-refractivity contribution in [1.29, 1.82) is 0 Å². The van der Waals surface area contributed by atoms with Crippen LogP contribution in [-0.4, -0.2) is 41.3 Å². The normalized spacial score (nSPS) is 12.8. The molecule has 0 spiro atoms. The number of carbonyl (C=O) groups excluding carboxylic acids is 1. The van der Waals surface area contributed by atoms with Crippen LogP contribution in [0.15, 0.2) is 0 Å². The minimum absolute atomic E-state index is 0.0500. The van der Waals surface area contributed by atoms with Crippen molar-refractivity contribution < 1.29 is 18.4 Å². The molecule has 0 rings (SSSR count). The maximum atomic E-state index is 12.7. The lowest BCUT2D eigenvalue weighted by molar-refractivity contribution is -0.132. The van der Waals surface area contributed by atoms with Gasteiger partial charge in [0, 0.05) is 12.1 Å². The molecule has 20 heavy (non-hydrogen) atoms. The molecule has 5 nitrogen and oxygen atoms in total. The van der Waals surface area contributed by atoms with E-state index in [0.29, 0.717) is 0 Å². The molecule has 0 bridgehead atoms. The maximum absolute atomic E-state index is 12.7. The fraction of sp³-hybridized carbons (Fsp3) is 0.929. The van der Waals surface area contributed by atoms with Gasteiger partial charge in [0.25, 0.3) is 0 Å². The highest BCUT2D eigenvalue weighted by molar-refractivity contribution is 7.54. The van der Waals surface area contributed by atoms with Gasteiger partial charge in [0.2, 0.25) is 5.91 Å². The first-order valence-electron chi connectivity index (χ1n) is 7.25. The average Bonchev–Trinajstić information content (AvgIpc) is 2.10. The zero-order valence-electron chi connectivity index (χ0n) is 14.0. The molecule has 0 aromatic rings. The van der Waals surface area contributed by atoms with Crippen LogP contribution in [0.2, 0.25) is 0 Å². The molecule has 0 aromatic carbocycles. The zero-order valence-corrected chi connectivity index (χ0v) is 14.9. The molecule has 0 aliphatic carbocycles. The van der Waals surface area contributed by atoms with E-state index in [1.165, 1.54) is 0 Å². The third-order valence-corrected chi connectivity index (χ3v) is 4.62. The minimum atomic E-state index is -3.41. The Balaban J connectivity index is 5.06. The molecule has 0 saturated heterocycles. The summed E-state index contributed by atoms with van der Waals surface area (Å²) in [7, 11) is -3.41. The Morgan fingerprint density at radius 3 is 1.50 bits per heavy atom. The SMILES string of the molecule is CC(C)OP(=O)(CC(=O)N(C(C)C)C(C)C)OC(C)C. The Morgan fingerprint density at radius 1 is 0.900 bits per heavy atom. The quantitative estimate of drug-likeness (QED) is 0.642. The number of nitrogens with zero attached hydrogens (tertiary/aromatic N) is 1. The second kappa shape index (κ2) is 8.16. The fourth-order valence-corrected chi connectivity index (χ4v) is 4.14. The van der Waals surface area contributed by atoms with Gasteiger partial charge in [0.1, 0.15) is 6.16 Å². The van der Waals surface area contributed by atoms with Gasteiger partial charge in [-0.2, -0.15) is 0 Å². The molecule has 0 heterocycles. The van der Waals surface area contributed by atoms with Gasteiger partial charge in [-0.25, -0.2) is 0 Å². The first kappa shape index (κ1) is 19.6. The Bertz CT molecular complexity index is 331. The van der Waals surface area contributed by atoms with Crippen LogP contribution in [0.25, 0.3) is 0 Å². The van der Waals surface area contributed by atoms with Crippen LogP contribution < -0.4 is 0 Å². The van der Waals surface area contributed by atoms with E-state index >= 15 is 0 Å². The molecular formula is C14H30NO4P. The van der Waals surface area contributed by atoms with E-state index in [1.807, 2.05) is 27.7 Å². The van der Waals surface area contributed by atoms with Gasteiger partial charge >= 0.3 is 7.60 Å². The van der Waals surface area contributed by atoms with Gasteiger partial charge in [-0.15, -0.1) is 0 Å². The van der Waals surface area contributed by atoms with Crippen molar-refractivity contribution in [3.63, 3.8) is 0 Å². The van der Waals surface area contributed by atoms with Crippen LogP contribution in [0, 0.1) is 0 Å². The molecular weight excluding hydrogens is 277 g/mol. The Hall–Kier alpha value is -0.380. The van der Waals surface area contributed by atoms with Crippen molar-refractivity contribution in [3.8, 4) is 0 Å². The van der Waals surface area contributed by atoms with Crippen LogP contribution >= 0.6 is 7.60 Å². The summed E-state index contributed by atoms with van der Waals surface area (Å²) in [6.45, 7) is 14.9. The molecule has 0 unspecified atom stereocenters. The van der Waals surface area contributed by atoms with Crippen molar-refractivity contribution in [2.75, 3.05) is 6.16 Å². The second-order valence-corrected chi connectivity index (χ2v) is 8.03. The summed E-state index contributed by atoms with van der Waals surface area (Å²) in [5, 5.41) is 0. The molecule has 0 aliphatic rings. The molecule has 0 atom stereocenters. The lowest BCUT2D eigenvalue weighted by Crippen LogP contribution is -2.43. The Morgan fingerprint density at radius 2 is 1.25 bits per heavy atom. The van der Waals surface area contributed by atoms with E-state index in [9.17, 15) is 9.36 Å². The van der Waals surface area contributed by atoms with Crippen molar-refractivity contribution in [3.05, 3.63) is 0 Å². The van der Waals surface area contributed by atoms with E-state index in [2.05, 4.69) is 0 Å². The van der Waals surface area contributed by atoms with Gasteiger partial charge in [-0.05, 0) is 55.4 Å². The zero-order chi connectivity index (χ0) is 16.1. The lowest BCUT2D eigenvalue weighted by Gasteiger charge is -2.32. The second-order valence-electron chi connectivity index (χ2n) is 6.07. The molecule has 0 N–H and O–H groups in total. The van der Waals surface area contributed by atoms with E-state index < -0.39 is 7.60 Å². The summed E-state index contributed by atoms with van der Waals surface area (Å²) < 4.78 is 23.5. The van der Waals surface area contributed by atoms with Gasteiger partial charge < -0.3 is 13.9 Å². The monoisotopic (exact) mass is 307 g/mol. The van der Waals surface area contributed by atoms with Crippen LogP contribution in [0.3, 0.4) is 0 Å². The first-order valence-corrected chi connectivity index (χ1v) is 8.98. The third-order valence-electron chi connectivity index (χ3n) is 2.47. The highest BCUT2D eigenvalue weighted by Gasteiger charge is 2.34. The Kier molecular flexibility index (Phi) is 8.00. The van der Waals surface area contributed by atoms with Gasteiger partial charge in [0.05, 0.1) is 12.2 Å². The molecule has 6 heteroatoms. The van der Waals surface area contributed by atoms with Crippen molar-refractivity contribution in [1.82, 2.24) is 4.90 Å². The number of hydrogen-bond acceptors (Lipinski definition) is 4. The standard InChI is InChI=1S/C14H30NO4P/c1-10(2)15(11(3)4)14(16)9-20(17,18-12(5)6)19-13(7)8/h10-13H,9H2,1-8H3. The lowest BCUT2D eigenvalue weighted by atomic mass is 10.2. The summed E-state index contributed by atoms with van der Waals surface area (Å²) in [6.07, 6.45) is -0.711. The summed E-state index contributed by atoms with van der Waals surface area (Å²) in [5.41, 5.74) is 0. The Labute approximate surface area is 123 Å². The maximum Gasteiger partial charge on any atom is 0.340 e. The molecule has 0 fully saturated rings. The van der Waals surface area contributed by atoms with Gasteiger partial charge in [-0.1, -0.05) is 0 Å². The van der Waals surface area contributed by atoms with Crippen molar-refractivity contribution in [2.45, 2.75) is 79.7 Å². The van der Waals surface area contributed by atoms with E-state index in [4.69, 9.17) is 9.05 Å². The third kappa shape index (κ3) is 6.87. The van der Waals surface area contributed by atoms with E-state index in [0.717, 1.165) is 0 Å². The molecule has 0 radical (unpaired) electrons. The van der Waals surface area contributed by atoms with E-state index in [1.54, 1.807) is 32.6 Å². The largest absolute Gasteiger partial charge is 0.340 e. The van der Waals surface area contributed by atoms with Crippen LogP contribution in [0.1, 0.15) is 55.4 Å². The van der Waals surface area contributed by atoms with E-state index in [-0.39, 0.29) is 36.4 Å². The molecule has 120 valence electrons. The predicted octanol–water partition coefficient (Wildman–Crippen LogP) is 3.67. The molecule has 0 saturated carbocycles. The predicted molar refractivity (Wildman–Crippen MR) is 82.0 cm³/mol. The van der Waals surface area contributed by atoms with Gasteiger partial charge in [-0.3, -0.25) is 9.36 Å². The number of amides is 1. The summed E-state index contributed by atoms with van der Waals surface area (Å²) in [5.74, 6) is -0.195. The smallest absolute Gasteiger partial charge is 0.337 e. The average molecular weight is 307 g/mol. The van der Waals surface area contributed by atoms with Gasteiger partial charge in [0.15, 0.2) is 0 Å². The molecule has 0 aromatic heterocycles. The molecule has 0 aliphatic heterocycles. The van der Waals surface area contributed by atoms with Crippen LogP contribution in [0.4, 0.5) is 0 Å². The van der Waals surface area contributed by atoms with Crippen molar-refractivity contribution >= 4 is 13.5 Å². The fourth-order valence-electron chi connectivity index (χ4n) is 2.16.